The summed E-state index contributed by atoms with van der Waals surface area (Å²) in [4.78, 5) is 0. The summed E-state index contributed by atoms with van der Waals surface area (Å²) >= 11 is 0. The summed E-state index contributed by atoms with van der Waals surface area (Å²) in [6.07, 6.45) is 12.5. The maximum atomic E-state index is 4.00. The Labute approximate surface area is 159 Å². The van der Waals surface area contributed by atoms with Gasteiger partial charge < -0.3 is 0 Å². The lowest BCUT2D eigenvalue weighted by Gasteiger charge is -2.45. The van der Waals surface area contributed by atoms with Crippen molar-refractivity contribution in [3.63, 3.8) is 0 Å². The van der Waals surface area contributed by atoms with Crippen LogP contribution in [-0.2, 0) is 0 Å². The lowest BCUT2D eigenvalue weighted by atomic mass is 9.77. The van der Waals surface area contributed by atoms with E-state index in [1.807, 2.05) is 0 Å². The molecule has 0 aromatic carbocycles. The smallest absolute Gasteiger partial charge is 0.0544 e. The highest BCUT2D eigenvalue weighted by Gasteiger charge is 2.57. The molecular formula is C24H44Si. The maximum absolute atomic E-state index is 4.00. The Morgan fingerprint density at radius 2 is 1.44 bits per heavy atom. The molecule has 144 valence electrons. The molecule has 0 nitrogen and oxygen atoms in total. The number of hydrogen-bond acceptors (Lipinski definition) is 0. The molecule has 0 radical (unpaired) electrons. The van der Waals surface area contributed by atoms with Gasteiger partial charge in [0.1, 0.15) is 0 Å². The average Bonchev–Trinajstić information content (AvgIpc) is 3.06. The first-order valence-corrected chi connectivity index (χ1v) is 14.6. The first-order chi connectivity index (χ1) is 11.8. The molecule has 0 aromatic rings. The van der Waals surface area contributed by atoms with E-state index < -0.39 is 8.07 Å². The molecule has 0 heterocycles. The van der Waals surface area contributed by atoms with Gasteiger partial charge in [0.2, 0.25) is 0 Å². The van der Waals surface area contributed by atoms with Crippen LogP contribution in [0, 0.1) is 41.4 Å². The van der Waals surface area contributed by atoms with E-state index >= 15 is 0 Å². The molecule has 8 unspecified atom stereocenters. The lowest BCUT2D eigenvalue weighted by molar-refractivity contribution is 0.220. The number of rotatable bonds is 5. The summed E-state index contributed by atoms with van der Waals surface area (Å²) in [6.45, 7) is 19.9. The molecule has 0 N–H and O–H groups in total. The zero-order chi connectivity index (χ0) is 18.4. The molecule has 3 saturated carbocycles. The van der Waals surface area contributed by atoms with Crippen molar-refractivity contribution >= 4 is 8.07 Å². The van der Waals surface area contributed by atoms with Gasteiger partial charge in [-0.15, -0.1) is 6.58 Å². The van der Waals surface area contributed by atoms with Crippen LogP contribution in [0.2, 0.25) is 24.2 Å². The van der Waals surface area contributed by atoms with Crippen molar-refractivity contribution in [2.45, 2.75) is 96.8 Å². The number of hydrogen-bond donors (Lipinski definition) is 0. The van der Waals surface area contributed by atoms with Gasteiger partial charge in [-0.2, -0.15) is 0 Å². The Morgan fingerprint density at radius 3 is 2.00 bits per heavy atom. The van der Waals surface area contributed by atoms with E-state index in [-0.39, 0.29) is 0 Å². The molecule has 3 aliphatic rings. The van der Waals surface area contributed by atoms with Crippen molar-refractivity contribution in [2.75, 3.05) is 0 Å². The molecule has 3 rings (SSSR count). The molecule has 3 aliphatic carbocycles. The third kappa shape index (κ3) is 3.32. The molecular weight excluding hydrogens is 316 g/mol. The average molecular weight is 361 g/mol. The summed E-state index contributed by atoms with van der Waals surface area (Å²) in [7, 11) is -1.26. The zero-order valence-electron chi connectivity index (χ0n) is 17.9. The standard InChI is InChI=1S/C24H44Si/c1-8-9-12-20-15-23(22-14-11-10-13-21(20)22)25(6,7)24-18(4)16(2)17(3)19(24)5/h8,16-24H,1,9-15H2,2-7H3. The van der Waals surface area contributed by atoms with Crippen molar-refractivity contribution in [1.29, 1.82) is 0 Å². The fourth-order valence-corrected chi connectivity index (χ4v) is 14.4. The van der Waals surface area contributed by atoms with Crippen molar-refractivity contribution in [2.24, 2.45) is 41.4 Å². The Bertz CT molecular complexity index is 453. The summed E-state index contributed by atoms with van der Waals surface area (Å²) in [6, 6.07) is 0. The first-order valence-electron chi connectivity index (χ1n) is 11.4. The van der Waals surface area contributed by atoms with E-state index in [9.17, 15) is 0 Å². The van der Waals surface area contributed by atoms with Gasteiger partial charge in [-0.25, -0.2) is 0 Å². The number of fused-ring (bicyclic) bond motifs is 1. The van der Waals surface area contributed by atoms with Gasteiger partial charge in [-0.05, 0) is 78.2 Å². The van der Waals surface area contributed by atoms with Crippen LogP contribution in [0.1, 0.15) is 72.6 Å². The SMILES string of the molecule is C=CCCC1CC([Si](C)(C)C2C(C)C(C)C(C)C2C)C2CCCCC12. The molecule has 0 aromatic heterocycles. The Balaban J connectivity index is 1.84. The van der Waals surface area contributed by atoms with Gasteiger partial charge in [0.15, 0.2) is 0 Å². The van der Waals surface area contributed by atoms with Crippen LogP contribution < -0.4 is 0 Å². The van der Waals surface area contributed by atoms with Crippen molar-refractivity contribution < 1.29 is 0 Å². The third-order valence-electron chi connectivity index (χ3n) is 9.73. The molecule has 0 spiro atoms. The van der Waals surface area contributed by atoms with Crippen LogP contribution in [0.25, 0.3) is 0 Å². The molecule has 0 bridgehead atoms. The lowest BCUT2D eigenvalue weighted by Crippen LogP contribution is -2.44. The van der Waals surface area contributed by atoms with Gasteiger partial charge in [0.25, 0.3) is 0 Å². The first kappa shape index (κ1) is 19.7. The monoisotopic (exact) mass is 360 g/mol. The predicted molar refractivity (Wildman–Crippen MR) is 115 cm³/mol. The minimum atomic E-state index is -1.26. The van der Waals surface area contributed by atoms with E-state index in [4.69, 9.17) is 0 Å². The topological polar surface area (TPSA) is 0 Å². The molecule has 8 atom stereocenters. The van der Waals surface area contributed by atoms with Crippen LogP contribution in [-0.4, -0.2) is 8.07 Å². The minimum absolute atomic E-state index is 0.923. The van der Waals surface area contributed by atoms with E-state index in [2.05, 4.69) is 53.4 Å². The fraction of sp³-hybridized carbons (Fsp3) is 0.917. The highest BCUT2D eigenvalue weighted by Crippen LogP contribution is 2.63. The normalized spacial score (nSPS) is 47.7. The maximum Gasteiger partial charge on any atom is 0.0544 e. The van der Waals surface area contributed by atoms with Crippen LogP contribution in [0.4, 0.5) is 0 Å². The number of allylic oxidation sites excluding steroid dienone is 1. The van der Waals surface area contributed by atoms with E-state index in [1.54, 1.807) is 12.8 Å². The van der Waals surface area contributed by atoms with Crippen molar-refractivity contribution in [3.05, 3.63) is 12.7 Å². The van der Waals surface area contributed by atoms with Crippen molar-refractivity contribution in [1.82, 2.24) is 0 Å². The van der Waals surface area contributed by atoms with Crippen LogP contribution >= 0.6 is 0 Å². The van der Waals surface area contributed by atoms with Gasteiger partial charge in [0, 0.05) is 0 Å². The van der Waals surface area contributed by atoms with Gasteiger partial charge in [-0.1, -0.05) is 66.1 Å². The second-order valence-electron chi connectivity index (χ2n) is 10.9. The van der Waals surface area contributed by atoms with E-state index in [1.165, 1.54) is 32.1 Å². The molecule has 1 heteroatoms. The Morgan fingerprint density at radius 1 is 0.880 bits per heavy atom. The molecule has 0 aliphatic heterocycles. The second kappa shape index (κ2) is 7.53. The molecule has 3 fully saturated rings. The largest absolute Gasteiger partial charge is 0.103 e. The quantitative estimate of drug-likeness (QED) is 0.347. The van der Waals surface area contributed by atoms with Crippen LogP contribution in [0.15, 0.2) is 12.7 Å². The Hall–Kier alpha value is -0.0431. The highest BCUT2D eigenvalue weighted by atomic mass is 28.3. The zero-order valence-corrected chi connectivity index (χ0v) is 18.9. The van der Waals surface area contributed by atoms with Gasteiger partial charge in [0.05, 0.1) is 8.07 Å². The third-order valence-corrected chi connectivity index (χ3v) is 15.1. The molecule has 25 heavy (non-hydrogen) atoms. The van der Waals surface area contributed by atoms with E-state index in [0.29, 0.717) is 0 Å². The second-order valence-corrected chi connectivity index (χ2v) is 15.9. The summed E-state index contributed by atoms with van der Waals surface area (Å²) < 4.78 is 0. The summed E-state index contributed by atoms with van der Waals surface area (Å²) in [5.74, 6) is 6.89. The van der Waals surface area contributed by atoms with E-state index in [0.717, 1.165) is 52.5 Å². The molecule has 0 amide bonds. The predicted octanol–water partition coefficient (Wildman–Crippen LogP) is 7.79. The summed E-state index contributed by atoms with van der Waals surface area (Å²) in [5, 5.41) is 0. The van der Waals surface area contributed by atoms with Crippen LogP contribution in [0.5, 0.6) is 0 Å². The van der Waals surface area contributed by atoms with Crippen LogP contribution in [0.3, 0.4) is 0 Å². The van der Waals surface area contributed by atoms with Crippen molar-refractivity contribution in [3.8, 4) is 0 Å². The summed E-state index contributed by atoms with van der Waals surface area (Å²) in [5.41, 5.74) is 2.14. The Kier molecular flexibility index (Phi) is 5.93. The minimum Gasteiger partial charge on any atom is -0.103 e. The highest BCUT2D eigenvalue weighted by molar-refractivity contribution is 6.80. The fourth-order valence-electron chi connectivity index (χ4n) is 8.16. The van der Waals surface area contributed by atoms with Gasteiger partial charge in [-0.3, -0.25) is 0 Å². The van der Waals surface area contributed by atoms with Gasteiger partial charge >= 0.3 is 0 Å². The molecule has 0 saturated heterocycles.